The first-order valence-electron chi connectivity index (χ1n) is 8.71. The van der Waals surface area contributed by atoms with Crippen molar-refractivity contribution in [2.24, 2.45) is 10.9 Å². The molecule has 0 spiro atoms. The van der Waals surface area contributed by atoms with E-state index in [2.05, 4.69) is 51.7 Å². The van der Waals surface area contributed by atoms with Crippen LogP contribution >= 0.6 is 11.3 Å². The van der Waals surface area contributed by atoms with Crippen molar-refractivity contribution in [2.45, 2.75) is 52.6 Å². The van der Waals surface area contributed by atoms with Crippen LogP contribution in [0.15, 0.2) is 10.4 Å². The number of thiazole rings is 1. The van der Waals surface area contributed by atoms with E-state index in [4.69, 9.17) is 0 Å². The molecule has 1 fully saturated rings. The highest BCUT2D eigenvalue weighted by molar-refractivity contribution is 7.09. The van der Waals surface area contributed by atoms with Gasteiger partial charge in [0.2, 0.25) is 0 Å². The van der Waals surface area contributed by atoms with Crippen LogP contribution in [0.1, 0.15) is 43.8 Å². The zero-order valence-corrected chi connectivity index (χ0v) is 15.7. The second kappa shape index (κ2) is 9.23. The number of hydrogen-bond acceptors (Lipinski definition) is 4. The highest BCUT2D eigenvalue weighted by Gasteiger charge is 2.20. The minimum absolute atomic E-state index is 0.463. The van der Waals surface area contributed by atoms with Crippen molar-refractivity contribution in [3.8, 4) is 0 Å². The maximum Gasteiger partial charge on any atom is 0.191 e. The standard InChI is InChI=1S/C17H31N5S/c1-5-13(2)20-17(18-4)19-10-15-6-8-22(9-7-15)11-16-12-23-14(3)21-16/h12-13,15H,5-11H2,1-4H3,(H2,18,19,20). The smallest absolute Gasteiger partial charge is 0.191 e. The van der Waals surface area contributed by atoms with Crippen LogP contribution in [0.5, 0.6) is 0 Å². The maximum atomic E-state index is 4.57. The molecule has 1 unspecified atom stereocenters. The minimum atomic E-state index is 0.463. The Balaban J connectivity index is 1.68. The lowest BCUT2D eigenvalue weighted by atomic mass is 9.97. The molecule has 1 atom stereocenters. The van der Waals surface area contributed by atoms with Crippen LogP contribution in [0.3, 0.4) is 0 Å². The number of guanidine groups is 1. The lowest BCUT2D eigenvalue weighted by Crippen LogP contribution is -2.45. The van der Waals surface area contributed by atoms with Crippen molar-refractivity contribution >= 4 is 17.3 Å². The number of piperidine rings is 1. The Morgan fingerprint density at radius 3 is 2.78 bits per heavy atom. The van der Waals surface area contributed by atoms with E-state index in [9.17, 15) is 0 Å². The maximum absolute atomic E-state index is 4.57. The van der Waals surface area contributed by atoms with E-state index < -0.39 is 0 Å². The Hall–Kier alpha value is -1.14. The summed E-state index contributed by atoms with van der Waals surface area (Å²) >= 11 is 1.75. The van der Waals surface area contributed by atoms with Crippen LogP contribution in [-0.4, -0.2) is 48.6 Å². The van der Waals surface area contributed by atoms with Gasteiger partial charge in [0, 0.05) is 31.6 Å². The van der Waals surface area contributed by atoms with Gasteiger partial charge in [-0.2, -0.15) is 0 Å². The highest BCUT2D eigenvalue weighted by Crippen LogP contribution is 2.19. The molecule has 0 aliphatic carbocycles. The van der Waals surface area contributed by atoms with Crippen LogP contribution in [0.4, 0.5) is 0 Å². The molecule has 2 heterocycles. The zero-order chi connectivity index (χ0) is 16.7. The first-order valence-corrected chi connectivity index (χ1v) is 9.59. The third kappa shape index (κ3) is 6.11. The van der Waals surface area contributed by atoms with Crippen LogP contribution in [0.2, 0.25) is 0 Å². The van der Waals surface area contributed by atoms with E-state index in [-0.39, 0.29) is 0 Å². The first kappa shape index (κ1) is 18.2. The van der Waals surface area contributed by atoms with Gasteiger partial charge >= 0.3 is 0 Å². The molecule has 1 aliphatic heterocycles. The molecule has 6 heteroatoms. The van der Waals surface area contributed by atoms with E-state index in [0.717, 1.165) is 31.4 Å². The summed E-state index contributed by atoms with van der Waals surface area (Å²) in [6.45, 7) is 10.8. The van der Waals surface area contributed by atoms with E-state index in [0.29, 0.717) is 6.04 Å². The second-order valence-electron chi connectivity index (χ2n) is 6.48. The molecule has 2 rings (SSSR count). The Morgan fingerprint density at radius 1 is 1.48 bits per heavy atom. The van der Waals surface area contributed by atoms with Crippen LogP contribution in [-0.2, 0) is 6.54 Å². The van der Waals surface area contributed by atoms with Crippen molar-refractivity contribution in [1.82, 2.24) is 20.5 Å². The molecule has 0 saturated carbocycles. The predicted octanol–water partition coefficient (Wildman–Crippen LogP) is 2.63. The predicted molar refractivity (Wildman–Crippen MR) is 99.1 cm³/mol. The molecule has 0 bridgehead atoms. The molecule has 0 aromatic carbocycles. The lowest BCUT2D eigenvalue weighted by molar-refractivity contribution is 0.176. The zero-order valence-electron chi connectivity index (χ0n) is 14.9. The van der Waals surface area contributed by atoms with Gasteiger partial charge in [-0.3, -0.25) is 9.89 Å². The van der Waals surface area contributed by atoms with Gasteiger partial charge in [0.25, 0.3) is 0 Å². The number of nitrogens with one attached hydrogen (secondary N) is 2. The summed E-state index contributed by atoms with van der Waals surface area (Å²) in [7, 11) is 1.84. The molecular weight excluding hydrogens is 306 g/mol. The highest BCUT2D eigenvalue weighted by atomic mass is 32.1. The summed E-state index contributed by atoms with van der Waals surface area (Å²) in [6, 6.07) is 0.463. The average molecular weight is 338 g/mol. The number of rotatable bonds is 6. The molecule has 0 radical (unpaired) electrons. The molecule has 1 aliphatic rings. The number of nitrogens with zero attached hydrogens (tertiary/aromatic N) is 3. The number of aliphatic imine (C=N–C) groups is 1. The normalized spacial score (nSPS) is 18.9. The topological polar surface area (TPSA) is 52.6 Å². The second-order valence-corrected chi connectivity index (χ2v) is 7.55. The molecule has 1 aromatic rings. The molecule has 0 amide bonds. The van der Waals surface area contributed by atoms with Crippen molar-refractivity contribution in [3.63, 3.8) is 0 Å². The summed E-state index contributed by atoms with van der Waals surface area (Å²) in [4.78, 5) is 11.4. The molecule has 23 heavy (non-hydrogen) atoms. The van der Waals surface area contributed by atoms with Gasteiger partial charge < -0.3 is 10.6 Å². The molecule has 5 nitrogen and oxygen atoms in total. The van der Waals surface area contributed by atoms with E-state index >= 15 is 0 Å². The fourth-order valence-corrected chi connectivity index (χ4v) is 3.43. The Labute approximate surface area is 144 Å². The average Bonchev–Trinajstić information content (AvgIpc) is 2.97. The van der Waals surface area contributed by atoms with Crippen LogP contribution in [0, 0.1) is 12.8 Å². The number of hydrogen-bond donors (Lipinski definition) is 2. The molecule has 2 N–H and O–H groups in total. The van der Waals surface area contributed by atoms with Gasteiger partial charge in [0.15, 0.2) is 5.96 Å². The number of likely N-dealkylation sites (tertiary alicyclic amines) is 1. The van der Waals surface area contributed by atoms with Crippen molar-refractivity contribution < 1.29 is 0 Å². The first-order chi connectivity index (χ1) is 11.1. The minimum Gasteiger partial charge on any atom is -0.356 e. The van der Waals surface area contributed by atoms with E-state index in [1.807, 2.05) is 7.05 Å². The van der Waals surface area contributed by atoms with E-state index in [1.54, 1.807) is 11.3 Å². The van der Waals surface area contributed by atoms with Gasteiger partial charge in [-0.25, -0.2) is 4.98 Å². The summed E-state index contributed by atoms with van der Waals surface area (Å²) < 4.78 is 0. The summed E-state index contributed by atoms with van der Waals surface area (Å²) in [5.74, 6) is 1.67. The number of aromatic nitrogens is 1. The van der Waals surface area contributed by atoms with Gasteiger partial charge in [-0.15, -0.1) is 11.3 Å². The molecule has 1 aromatic heterocycles. The monoisotopic (exact) mass is 337 g/mol. The van der Waals surface area contributed by atoms with Gasteiger partial charge in [0.1, 0.15) is 0 Å². The van der Waals surface area contributed by atoms with Crippen molar-refractivity contribution in [2.75, 3.05) is 26.7 Å². The summed E-state index contributed by atoms with van der Waals surface area (Å²) in [5, 5.41) is 10.3. The molecule has 1 saturated heterocycles. The van der Waals surface area contributed by atoms with Crippen molar-refractivity contribution in [1.29, 1.82) is 0 Å². The summed E-state index contributed by atoms with van der Waals surface area (Å²) in [6.07, 6.45) is 3.60. The Kier molecular flexibility index (Phi) is 7.30. The van der Waals surface area contributed by atoms with Crippen molar-refractivity contribution in [3.05, 3.63) is 16.1 Å². The fourth-order valence-electron chi connectivity index (χ4n) is 2.83. The molecule has 130 valence electrons. The fraction of sp³-hybridized carbons (Fsp3) is 0.765. The van der Waals surface area contributed by atoms with E-state index in [1.165, 1.54) is 36.6 Å². The number of aryl methyl sites for hydroxylation is 1. The Bertz CT molecular complexity index is 491. The van der Waals surface area contributed by atoms with Crippen LogP contribution < -0.4 is 10.6 Å². The third-order valence-electron chi connectivity index (χ3n) is 4.54. The summed E-state index contributed by atoms with van der Waals surface area (Å²) in [5.41, 5.74) is 1.22. The quantitative estimate of drug-likeness (QED) is 0.619. The van der Waals surface area contributed by atoms with Gasteiger partial charge in [0.05, 0.1) is 10.7 Å². The lowest BCUT2D eigenvalue weighted by Gasteiger charge is -2.32. The Morgan fingerprint density at radius 2 is 2.22 bits per heavy atom. The van der Waals surface area contributed by atoms with Gasteiger partial charge in [-0.1, -0.05) is 6.92 Å². The third-order valence-corrected chi connectivity index (χ3v) is 5.36. The largest absolute Gasteiger partial charge is 0.356 e. The molecular formula is C17H31N5S. The van der Waals surface area contributed by atoms with Gasteiger partial charge in [-0.05, 0) is 52.1 Å². The SMILES string of the molecule is CCC(C)NC(=NC)NCC1CCN(Cc2csc(C)n2)CC1. The van der Waals surface area contributed by atoms with Crippen LogP contribution in [0.25, 0.3) is 0 Å².